The Balaban J connectivity index is 1.89. The molecule has 0 saturated heterocycles. The summed E-state index contributed by atoms with van der Waals surface area (Å²) in [7, 11) is 4.05. The Morgan fingerprint density at radius 2 is 2.20 bits per heavy atom. The molecule has 1 aromatic heterocycles. The van der Waals surface area contributed by atoms with Crippen LogP contribution in [0, 0.1) is 0 Å². The van der Waals surface area contributed by atoms with Gasteiger partial charge in [0.05, 0.1) is 6.20 Å². The molecule has 0 unspecified atom stereocenters. The van der Waals surface area contributed by atoms with Crippen LogP contribution in [0.3, 0.4) is 0 Å². The maximum absolute atomic E-state index is 5.66. The van der Waals surface area contributed by atoms with Gasteiger partial charge < -0.3 is 10.6 Å². The number of aryl methyl sites for hydroxylation is 1. The molecule has 0 aliphatic rings. The van der Waals surface area contributed by atoms with E-state index in [1.54, 1.807) is 0 Å². The molecule has 0 aliphatic carbocycles. The summed E-state index contributed by atoms with van der Waals surface area (Å²) >= 11 is 5.01. The van der Waals surface area contributed by atoms with Crippen molar-refractivity contribution in [1.29, 1.82) is 0 Å². The molecule has 0 fully saturated rings. The number of benzene rings is 1. The van der Waals surface area contributed by atoms with Gasteiger partial charge in [0.2, 0.25) is 0 Å². The van der Waals surface area contributed by atoms with E-state index in [0.717, 1.165) is 25.1 Å². The van der Waals surface area contributed by atoms with Crippen LogP contribution in [-0.4, -0.2) is 33.3 Å². The van der Waals surface area contributed by atoms with Gasteiger partial charge in [-0.1, -0.05) is 30.4 Å². The maximum atomic E-state index is 5.66. The second-order valence-electron chi connectivity index (χ2n) is 5.07. The first-order valence-electron chi connectivity index (χ1n) is 6.59. The highest BCUT2D eigenvalue weighted by Gasteiger charge is 2.04. The first kappa shape index (κ1) is 14.7. The Kier molecular flexibility index (Phi) is 4.87. The molecular weight excluding hydrogens is 268 g/mol. The molecule has 2 aromatic rings. The van der Waals surface area contributed by atoms with Gasteiger partial charge in [0.15, 0.2) is 0 Å². The summed E-state index contributed by atoms with van der Waals surface area (Å²) in [5.41, 5.74) is 9.07. The molecule has 106 valence electrons. The van der Waals surface area contributed by atoms with E-state index in [1.807, 2.05) is 30.1 Å². The highest BCUT2D eigenvalue weighted by atomic mass is 32.1. The van der Waals surface area contributed by atoms with E-state index in [9.17, 15) is 0 Å². The molecule has 0 spiro atoms. The monoisotopic (exact) mass is 288 g/mol. The quantitative estimate of drug-likeness (QED) is 0.822. The van der Waals surface area contributed by atoms with Gasteiger partial charge in [-0.05, 0) is 30.7 Å². The molecule has 2 rings (SSSR count). The van der Waals surface area contributed by atoms with Crippen LogP contribution in [0.1, 0.15) is 16.7 Å². The first-order valence-corrected chi connectivity index (χ1v) is 7.00. The van der Waals surface area contributed by atoms with Crippen molar-refractivity contribution in [2.24, 2.45) is 12.8 Å². The van der Waals surface area contributed by atoms with Crippen molar-refractivity contribution in [1.82, 2.24) is 14.7 Å². The van der Waals surface area contributed by atoms with Gasteiger partial charge in [-0.25, -0.2) is 0 Å². The summed E-state index contributed by atoms with van der Waals surface area (Å²) in [5.74, 6) is 0. The molecule has 0 radical (unpaired) electrons. The molecule has 0 saturated carbocycles. The average molecular weight is 288 g/mol. The van der Waals surface area contributed by atoms with E-state index in [4.69, 9.17) is 18.0 Å². The summed E-state index contributed by atoms with van der Waals surface area (Å²) in [6.45, 7) is 1.87. The number of thiocarbonyl (C=S) groups is 1. The zero-order chi connectivity index (χ0) is 14.5. The second kappa shape index (κ2) is 6.63. The summed E-state index contributed by atoms with van der Waals surface area (Å²) in [6, 6.07) is 8.10. The second-order valence-corrected chi connectivity index (χ2v) is 5.51. The van der Waals surface area contributed by atoms with Crippen molar-refractivity contribution >= 4 is 17.2 Å². The highest BCUT2D eigenvalue weighted by molar-refractivity contribution is 7.80. The molecule has 0 aliphatic heterocycles. The molecule has 4 nitrogen and oxygen atoms in total. The minimum absolute atomic E-state index is 0.449. The topological polar surface area (TPSA) is 47.1 Å². The Labute approximate surface area is 125 Å². The normalized spacial score (nSPS) is 10.9. The van der Waals surface area contributed by atoms with E-state index < -0.39 is 0 Å². The van der Waals surface area contributed by atoms with E-state index in [0.29, 0.717) is 4.99 Å². The van der Waals surface area contributed by atoms with Crippen molar-refractivity contribution < 1.29 is 0 Å². The first-order chi connectivity index (χ1) is 9.54. The SMILES string of the molecule is CN(CCc1cnn(C)c1)Cc1cccc(C(N)=S)c1. The maximum Gasteiger partial charge on any atom is 0.103 e. The van der Waals surface area contributed by atoms with Gasteiger partial charge in [-0.2, -0.15) is 5.10 Å². The van der Waals surface area contributed by atoms with Crippen LogP contribution in [0.4, 0.5) is 0 Å². The summed E-state index contributed by atoms with van der Waals surface area (Å²) < 4.78 is 1.83. The van der Waals surface area contributed by atoms with Crippen molar-refractivity contribution in [3.8, 4) is 0 Å². The third-order valence-corrected chi connectivity index (χ3v) is 3.44. The van der Waals surface area contributed by atoms with Crippen molar-refractivity contribution in [2.45, 2.75) is 13.0 Å². The van der Waals surface area contributed by atoms with Crippen molar-refractivity contribution in [2.75, 3.05) is 13.6 Å². The Bertz CT molecular complexity index is 591. The van der Waals surface area contributed by atoms with Crippen LogP contribution in [0.2, 0.25) is 0 Å². The van der Waals surface area contributed by atoms with Crippen LogP contribution in [0.25, 0.3) is 0 Å². The zero-order valence-corrected chi connectivity index (χ0v) is 12.7. The molecule has 20 heavy (non-hydrogen) atoms. The predicted molar refractivity (Wildman–Crippen MR) is 85.6 cm³/mol. The van der Waals surface area contributed by atoms with Gasteiger partial charge in [-0.3, -0.25) is 4.68 Å². The van der Waals surface area contributed by atoms with E-state index in [1.165, 1.54) is 11.1 Å². The largest absolute Gasteiger partial charge is 0.389 e. The number of hydrogen-bond donors (Lipinski definition) is 1. The number of likely N-dealkylation sites (N-methyl/N-ethyl adjacent to an activating group) is 1. The smallest absolute Gasteiger partial charge is 0.103 e. The van der Waals surface area contributed by atoms with Gasteiger partial charge >= 0.3 is 0 Å². The molecule has 0 atom stereocenters. The molecule has 2 N–H and O–H groups in total. The third kappa shape index (κ3) is 4.15. The van der Waals surface area contributed by atoms with Gasteiger partial charge in [0, 0.05) is 31.9 Å². The minimum atomic E-state index is 0.449. The lowest BCUT2D eigenvalue weighted by Gasteiger charge is -2.16. The Morgan fingerprint density at radius 3 is 2.85 bits per heavy atom. The number of rotatable bonds is 6. The third-order valence-electron chi connectivity index (χ3n) is 3.20. The molecule has 0 amide bonds. The number of aromatic nitrogens is 2. The lowest BCUT2D eigenvalue weighted by molar-refractivity contribution is 0.331. The van der Waals surface area contributed by atoms with Gasteiger partial charge in [-0.15, -0.1) is 0 Å². The van der Waals surface area contributed by atoms with Crippen LogP contribution < -0.4 is 5.73 Å². The van der Waals surface area contributed by atoms with Crippen molar-refractivity contribution in [3.63, 3.8) is 0 Å². The molecule has 5 heteroatoms. The summed E-state index contributed by atoms with van der Waals surface area (Å²) in [4.78, 5) is 2.73. The number of nitrogens with zero attached hydrogens (tertiary/aromatic N) is 3. The summed E-state index contributed by atoms with van der Waals surface area (Å²) in [5, 5.41) is 4.18. The molecule has 1 heterocycles. The van der Waals surface area contributed by atoms with E-state index >= 15 is 0 Å². The fourth-order valence-corrected chi connectivity index (χ4v) is 2.26. The van der Waals surface area contributed by atoms with Crippen LogP contribution in [0.15, 0.2) is 36.7 Å². The molecule has 1 aromatic carbocycles. The molecular formula is C15H20N4S. The highest BCUT2D eigenvalue weighted by Crippen LogP contribution is 2.08. The van der Waals surface area contributed by atoms with Gasteiger partial charge in [0.1, 0.15) is 4.99 Å². The standard InChI is InChI=1S/C15H20N4S/c1-18(7-6-13-9-17-19(2)11-13)10-12-4-3-5-14(8-12)15(16)20/h3-5,8-9,11H,6-7,10H2,1-2H3,(H2,16,20). The Hall–Kier alpha value is -1.72. The van der Waals surface area contributed by atoms with Crippen molar-refractivity contribution in [3.05, 3.63) is 53.3 Å². The lowest BCUT2D eigenvalue weighted by atomic mass is 10.1. The number of nitrogens with two attached hydrogens (primary N) is 1. The number of hydrogen-bond acceptors (Lipinski definition) is 3. The van der Waals surface area contributed by atoms with Gasteiger partial charge in [0.25, 0.3) is 0 Å². The predicted octanol–water partition coefficient (Wildman–Crippen LogP) is 1.73. The minimum Gasteiger partial charge on any atom is -0.389 e. The van der Waals surface area contributed by atoms with E-state index in [2.05, 4.69) is 35.4 Å². The molecule has 0 bridgehead atoms. The van der Waals surface area contributed by atoms with E-state index in [-0.39, 0.29) is 0 Å². The fourth-order valence-electron chi connectivity index (χ4n) is 2.13. The summed E-state index contributed by atoms with van der Waals surface area (Å²) in [6.07, 6.45) is 4.97. The van der Waals surface area contributed by atoms with Crippen LogP contribution >= 0.6 is 12.2 Å². The zero-order valence-electron chi connectivity index (χ0n) is 11.9. The van der Waals surface area contributed by atoms with Crippen LogP contribution in [-0.2, 0) is 20.0 Å². The lowest BCUT2D eigenvalue weighted by Crippen LogP contribution is -2.21. The van der Waals surface area contributed by atoms with Crippen LogP contribution in [0.5, 0.6) is 0 Å². The Morgan fingerprint density at radius 1 is 1.40 bits per heavy atom. The fraction of sp³-hybridized carbons (Fsp3) is 0.333. The average Bonchev–Trinajstić information content (AvgIpc) is 2.82.